The van der Waals surface area contributed by atoms with Gasteiger partial charge in [0.15, 0.2) is 11.8 Å². The lowest BCUT2D eigenvalue weighted by Crippen LogP contribution is -2.37. The van der Waals surface area contributed by atoms with Crippen molar-refractivity contribution in [2.24, 2.45) is 4.99 Å². The molecule has 7 heteroatoms. The average Bonchev–Trinajstić information content (AvgIpc) is 3.11. The number of hydrogen-bond donors (Lipinski definition) is 2. The largest absolute Gasteiger partial charge is 0.352 e. The monoisotopic (exact) mass is 302 g/mol. The Kier molecular flexibility index (Phi) is 4.32. The van der Waals surface area contributed by atoms with E-state index in [-0.39, 0.29) is 5.82 Å². The van der Waals surface area contributed by atoms with Crippen molar-refractivity contribution in [3.05, 3.63) is 47.3 Å². The van der Waals surface area contributed by atoms with Crippen LogP contribution in [0.2, 0.25) is 0 Å². The van der Waals surface area contributed by atoms with E-state index in [1.807, 2.05) is 6.07 Å². The van der Waals surface area contributed by atoms with Gasteiger partial charge in [0.2, 0.25) is 0 Å². The molecule has 22 heavy (non-hydrogen) atoms. The molecule has 1 aromatic carbocycles. The number of aryl methyl sites for hydroxylation is 1. The number of benzene rings is 1. The second-order valence-electron chi connectivity index (χ2n) is 5.20. The van der Waals surface area contributed by atoms with E-state index in [0.717, 1.165) is 36.6 Å². The van der Waals surface area contributed by atoms with E-state index in [2.05, 4.69) is 30.4 Å². The van der Waals surface area contributed by atoms with Crippen molar-refractivity contribution < 1.29 is 4.39 Å². The van der Waals surface area contributed by atoms with Crippen LogP contribution < -0.4 is 10.6 Å². The number of nitrogens with zero attached hydrogens (tertiary/aromatic N) is 4. The second kappa shape index (κ2) is 6.55. The van der Waals surface area contributed by atoms with Crippen molar-refractivity contribution in [3.63, 3.8) is 0 Å². The molecule has 0 saturated heterocycles. The maximum absolute atomic E-state index is 13.1. The molecule has 0 bridgehead atoms. The molecule has 116 valence electrons. The Morgan fingerprint density at radius 2 is 2.18 bits per heavy atom. The minimum atomic E-state index is -0.235. The Bertz CT molecular complexity index is 678. The molecule has 0 fully saturated rings. The van der Waals surface area contributed by atoms with Crippen LogP contribution in [0.25, 0.3) is 0 Å². The second-order valence-corrected chi connectivity index (χ2v) is 5.20. The summed E-state index contributed by atoms with van der Waals surface area (Å²) in [5.74, 6) is 2.39. The first-order valence-corrected chi connectivity index (χ1v) is 7.36. The zero-order valence-corrected chi connectivity index (χ0v) is 12.5. The highest BCUT2D eigenvalue weighted by atomic mass is 19.1. The number of nitrogens with one attached hydrogen (secondary N) is 2. The number of fused-ring (bicyclic) bond motifs is 1. The van der Waals surface area contributed by atoms with E-state index in [4.69, 9.17) is 0 Å². The SMILES string of the molecule is CN=C(NCc1cccc(F)c1)NCc1nnc2n1CCC2. The van der Waals surface area contributed by atoms with Crippen LogP contribution in [0.4, 0.5) is 4.39 Å². The molecule has 2 N–H and O–H groups in total. The lowest BCUT2D eigenvalue weighted by atomic mass is 10.2. The summed E-state index contributed by atoms with van der Waals surface area (Å²) in [5, 5.41) is 14.7. The summed E-state index contributed by atoms with van der Waals surface area (Å²) >= 11 is 0. The Morgan fingerprint density at radius 1 is 1.32 bits per heavy atom. The van der Waals surface area contributed by atoms with Crippen LogP contribution in [0.5, 0.6) is 0 Å². The fourth-order valence-electron chi connectivity index (χ4n) is 2.56. The van der Waals surface area contributed by atoms with Crippen LogP contribution in [0.15, 0.2) is 29.3 Å². The molecule has 0 spiro atoms. The molecule has 0 atom stereocenters. The van der Waals surface area contributed by atoms with E-state index in [9.17, 15) is 4.39 Å². The van der Waals surface area contributed by atoms with Gasteiger partial charge >= 0.3 is 0 Å². The molecule has 1 aromatic heterocycles. The van der Waals surface area contributed by atoms with Crippen LogP contribution in [-0.2, 0) is 26.1 Å². The first-order chi connectivity index (χ1) is 10.8. The minimum absolute atomic E-state index is 0.235. The van der Waals surface area contributed by atoms with Crippen molar-refractivity contribution in [3.8, 4) is 0 Å². The fourth-order valence-corrected chi connectivity index (χ4v) is 2.56. The average molecular weight is 302 g/mol. The molecule has 0 unspecified atom stereocenters. The smallest absolute Gasteiger partial charge is 0.191 e. The zero-order valence-electron chi connectivity index (χ0n) is 12.5. The summed E-state index contributed by atoms with van der Waals surface area (Å²) in [6.45, 7) is 2.06. The Morgan fingerprint density at radius 3 is 3.00 bits per heavy atom. The van der Waals surface area contributed by atoms with E-state index in [1.165, 1.54) is 12.1 Å². The van der Waals surface area contributed by atoms with Crippen molar-refractivity contribution >= 4 is 5.96 Å². The summed E-state index contributed by atoms with van der Waals surface area (Å²) in [5.41, 5.74) is 0.867. The van der Waals surface area contributed by atoms with Gasteiger partial charge in [0.05, 0.1) is 6.54 Å². The zero-order chi connectivity index (χ0) is 15.4. The molecule has 0 aliphatic carbocycles. The number of halogens is 1. The molecule has 3 rings (SSSR count). The van der Waals surface area contributed by atoms with Gasteiger partial charge in [0, 0.05) is 26.6 Å². The molecular formula is C15H19FN6. The Balaban J connectivity index is 1.54. The fraction of sp³-hybridized carbons (Fsp3) is 0.400. The number of hydrogen-bond acceptors (Lipinski definition) is 3. The summed E-state index contributed by atoms with van der Waals surface area (Å²) in [7, 11) is 1.70. The van der Waals surface area contributed by atoms with Gasteiger partial charge in [0.1, 0.15) is 11.6 Å². The highest BCUT2D eigenvalue weighted by molar-refractivity contribution is 5.79. The molecule has 6 nitrogen and oxygen atoms in total. The molecule has 0 saturated carbocycles. The van der Waals surface area contributed by atoms with Crippen LogP contribution >= 0.6 is 0 Å². The van der Waals surface area contributed by atoms with Gasteiger partial charge < -0.3 is 15.2 Å². The molecule has 2 heterocycles. The van der Waals surface area contributed by atoms with Crippen LogP contribution in [0.3, 0.4) is 0 Å². The summed E-state index contributed by atoms with van der Waals surface area (Å²) in [4.78, 5) is 4.16. The predicted octanol–water partition coefficient (Wildman–Crippen LogP) is 1.23. The normalized spacial score (nSPS) is 14.0. The van der Waals surface area contributed by atoms with Crippen molar-refractivity contribution in [2.45, 2.75) is 32.5 Å². The van der Waals surface area contributed by atoms with E-state index in [1.54, 1.807) is 13.1 Å². The van der Waals surface area contributed by atoms with Gasteiger partial charge in [-0.2, -0.15) is 0 Å². The topological polar surface area (TPSA) is 67.1 Å². The Hall–Kier alpha value is -2.44. The van der Waals surface area contributed by atoms with Crippen molar-refractivity contribution in [2.75, 3.05) is 7.05 Å². The van der Waals surface area contributed by atoms with Crippen LogP contribution in [0.1, 0.15) is 23.6 Å². The predicted molar refractivity (Wildman–Crippen MR) is 81.8 cm³/mol. The van der Waals surface area contributed by atoms with E-state index >= 15 is 0 Å². The summed E-state index contributed by atoms with van der Waals surface area (Å²) in [6.07, 6.45) is 2.13. The highest BCUT2D eigenvalue weighted by Gasteiger charge is 2.16. The van der Waals surface area contributed by atoms with Gasteiger partial charge in [-0.1, -0.05) is 12.1 Å². The quantitative estimate of drug-likeness (QED) is 0.658. The number of rotatable bonds is 4. The third kappa shape index (κ3) is 3.24. The lowest BCUT2D eigenvalue weighted by Gasteiger charge is -2.12. The molecule has 1 aliphatic rings. The van der Waals surface area contributed by atoms with Gasteiger partial charge in [0.25, 0.3) is 0 Å². The first kappa shape index (κ1) is 14.5. The van der Waals surface area contributed by atoms with Crippen molar-refractivity contribution in [1.29, 1.82) is 0 Å². The highest BCUT2D eigenvalue weighted by Crippen LogP contribution is 2.13. The maximum atomic E-state index is 13.1. The molecular weight excluding hydrogens is 283 g/mol. The van der Waals surface area contributed by atoms with Gasteiger partial charge in [-0.15, -0.1) is 10.2 Å². The first-order valence-electron chi connectivity index (χ1n) is 7.36. The minimum Gasteiger partial charge on any atom is -0.352 e. The standard InChI is InChI=1S/C15H19FN6/c1-17-15(18-9-11-4-2-5-12(16)8-11)19-10-14-21-20-13-6-3-7-22(13)14/h2,4-5,8H,3,6-7,9-10H2,1H3,(H2,17,18,19). The van der Waals surface area contributed by atoms with Gasteiger partial charge in [-0.25, -0.2) is 4.39 Å². The van der Waals surface area contributed by atoms with Crippen LogP contribution in [-0.4, -0.2) is 27.8 Å². The van der Waals surface area contributed by atoms with Gasteiger partial charge in [-0.05, 0) is 24.1 Å². The maximum Gasteiger partial charge on any atom is 0.191 e. The number of aliphatic imine (C=N–C) groups is 1. The summed E-state index contributed by atoms with van der Waals surface area (Å²) in [6, 6.07) is 6.50. The third-order valence-electron chi connectivity index (χ3n) is 3.67. The van der Waals surface area contributed by atoms with E-state index in [0.29, 0.717) is 19.0 Å². The third-order valence-corrected chi connectivity index (χ3v) is 3.67. The molecule has 0 amide bonds. The molecule has 2 aromatic rings. The van der Waals surface area contributed by atoms with E-state index < -0.39 is 0 Å². The number of guanidine groups is 1. The molecule has 0 radical (unpaired) electrons. The van der Waals surface area contributed by atoms with Gasteiger partial charge in [-0.3, -0.25) is 4.99 Å². The lowest BCUT2D eigenvalue weighted by molar-refractivity contribution is 0.624. The van der Waals surface area contributed by atoms with Crippen molar-refractivity contribution in [1.82, 2.24) is 25.4 Å². The Labute approximate surface area is 128 Å². The summed E-state index contributed by atoms with van der Waals surface area (Å²) < 4.78 is 15.3. The van der Waals surface area contributed by atoms with Crippen LogP contribution in [0, 0.1) is 5.82 Å². The molecule has 1 aliphatic heterocycles. The number of aromatic nitrogens is 3.